The van der Waals surface area contributed by atoms with Crippen LogP contribution in [0.5, 0.6) is 5.75 Å². The molecule has 0 bridgehead atoms. The van der Waals surface area contributed by atoms with E-state index in [0.717, 1.165) is 0 Å². The number of aryl methyl sites for hydroxylation is 1. The van der Waals surface area contributed by atoms with Gasteiger partial charge in [-0.1, -0.05) is 13.0 Å². The third-order valence-electron chi connectivity index (χ3n) is 6.01. The average molecular weight is 573 g/mol. The molecule has 41 heavy (non-hydrogen) atoms. The highest BCUT2D eigenvalue weighted by Gasteiger charge is 2.22. The number of likely N-dealkylation sites (N-methyl/N-ethyl adjacent to an activating group) is 2. The molecule has 4 N–H and O–H groups in total. The van der Waals surface area contributed by atoms with Gasteiger partial charge in [0.2, 0.25) is 11.8 Å². The maximum Gasteiger partial charge on any atom is 0.271 e. The van der Waals surface area contributed by atoms with E-state index in [1.54, 1.807) is 46.0 Å². The van der Waals surface area contributed by atoms with Crippen LogP contribution < -0.4 is 26.0 Å². The average Bonchev–Trinajstić information content (AvgIpc) is 2.89. The number of hydrogen-bond donors (Lipinski definition) is 3. The molecule has 0 aliphatic heterocycles. The van der Waals surface area contributed by atoms with Crippen molar-refractivity contribution in [3.63, 3.8) is 0 Å². The molecular weight excluding hydrogens is 531 g/mol. The molecule has 224 valence electrons. The number of rotatable bonds is 14. The molecule has 3 amide bonds. The first-order valence-electron chi connectivity index (χ1n) is 13.2. The summed E-state index contributed by atoms with van der Waals surface area (Å²) in [6.07, 6.45) is 3.16. The summed E-state index contributed by atoms with van der Waals surface area (Å²) >= 11 is 0. The van der Waals surface area contributed by atoms with Gasteiger partial charge >= 0.3 is 0 Å². The molecule has 1 heterocycles. The minimum absolute atomic E-state index is 0.0685. The van der Waals surface area contributed by atoms with Crippen LogP contribution in [-0.4, -0.2) is 98.0 Å². The topological polar surface area (TPSA) is 146 Å². The van der Waals surface area contributed by atoms with Crippen molar-refractivity contribution in [2.75, 3.05) is 58.5 Å². The van der Waals surface area contributed by atoms with Crippen molar-refractivity contribution in [3.05, 3.63) is 47.6 Å². The van der Waals surface area contributed by atoms with Crippen LogP contribution in [0.2, 0.25) is 0 Å². The quantitative estimate of drug-likeness (QED) is 0.289. The van der Waals surface area contributed by atoms with Gasteiger partial charge in [-0.3, -0.25) is 14.4 Å². The van der Waals surface area contributed by atoms with E-state index in [4.69, 9.17) is 10.5 Å². The van der Waals surface area contributed by atoms with Crippen molar-refractivity contribution in [2.24, 2.45) is 5.73 Å². The summed E-state index contributed by atoms with van der Waals surface area (Å²) in [5.41, 5.74) is 6.32. The van der Waals surface area contributed by atoms with E-state index in [9.17, 15) is 18.8 Å². The summed E-state index contributed by atoms with van der Waals surface area (Å²) in [5, 5.41) is 5.68. The number of amides is 3. The fourth-order valence-electron chi connectivity index (χ4n) is 3.67. The summed E-state index contributed by atoms with van der Waals surface area (Å²) < 4.78 is 20.3. The first-order chi connectivity index (χ1) is 19.2. The van der Waals surface area contributed by atoms with Crippen LogP contribution in [0.3, 0.4) is 0 Å². The van der Waals surface area contributed by atoms with Crippen molar-refractivity contribution in [3.8, 4) is 5.75 Å². The van der Waals surface area contributed by atoms with Gasteiger partial charge in [0, 0.05) is 51.6 Å². The van der Waals surface area contributed by atoms with Crippen molar-refractivity contribution in [2.45, 2.75) is 39.3 Å². The van der Waals surface area contributed by atoms with E-state index in [1.165, 1.54) is 29.2 Å². The number of nitrogens with two attached hydrogens (primary N) is 1. The molecule has 0 saturated carbocycles. The van der Waals surface area contributed by atoms with Crippen LogP contribution >= 0.6 is 0 Å². The molecule has 2 atom stereocenters. The minimum atomic E-state index is -0.775. The molecule has 2 aromatic rings. The van der Waals surface area contributed by atoms with Crippen molar-refractivity contribution in [1.29, 1.82) is 0 Å². The number of nitrogens with one attached hydrogen (secondary N) is 2. The second kappa shape index (κ2) is 14.9. The Kier molecular flexibility index (Phi) is 12.0. The summed E-state index contributed by atoms with van der Waals surface area (Å²) in [5.74, 6) is -1.20. The number of ether oxygens (including phenoxy) is 1. The zero-order chi connectivity index (χ0) is 30.9. The largest absolute Gasteiger partial charge is 0.489 e. The van der Waals surface area contributed by atoms with Gasteiger partial charge in [-0.25, -0.2) is 14.4 Å². The highest BCUT2D eigenvalue weighted by molar-refractivity contribution is 5.96. The monoisotopic (exact) mass is 572 g/mol. The highest BCUT2D eigenvalue weighted by Crippen LogP contribution is 2.27. The SMILES string of the molecule is CCc1nc(C(N)=O)c(Nc2cc(F)cc(O[C@H](C)CNC(=O)C(C)N(C)C(=O)/C=C/CN(C)C)c2)nc1N(C)C. The predicted octanol–water partition coefficient (Wildman–Crippen LogP) is 1.93. The number of aromatic nitrogens is 2. The van der Waals surface area contributed by atoms with Gasteiger partial charge in [0.1, 0.15) is 23.7 Å². The lowest BCUT2D eigenvalue weighted by Crippen LogP contribution is -2.47. The minimum Gasteiger partial charge on any atom is -0.489 e. The Hall–Kier alpha value is -4.26. The summed E-state index contributed by atoms with van der Waals surface area (Å²) in [6.45, 7) is 5.95. The number of hydrogen-bond acceptors (Lipinski definition) is 9. The standard InChI is InChI=1S/C28H41FN8O4/c1-9-22-27(36(6)7)34-26(24(33-22)25(30)39)32-20-13-19(29)14-21(15-20)41-17(2)16-31-28(40)18(3)37(8)23(38)11-10-12-35(4)5/h10-11,13-15,17-18H,9,12,16H2,1-8H3,(H2,30,39)(H,31,40)(H,32,34)/b11-10+/t17-,18?/m1/s1. The van der Waals surface area contributed by atoms with Gasteiger partial charge < -0.3 is 35.8 Å². The second-order valence-corrected chi connectivity index (χ2v) is 10.1. The Bertz CT molecular complexity index is 1270. The normalized spacial score (nSPS) is 12.6. The molecule has 12 nitrogen and oxygen atoms in total. The van der Waals surface area contributed by atoms with Gasteiger partial charge in [0.25, 0.3) is 5.91 Å². The third-order valence-corrected chi connectivity index (χ3v) is 6.01. The van der Waals surface area contributed by atoms with Crippen molar-refractivity contribution in [1.82, 2.24) is 25.1 Å². The van der Waals surface area contributed by atoms with E-state index in [0.29, 0.717) is 24.5 Å². The molecule has 13 heteroatoms. The van der Waals surface area contributed by atoms with Gasteiger partial charge in [-0.2, -0.15) is 0 Å². The van der Waals surface area contributed by atoms with E-state index in [-0.39, 0.29) is 41.3 Å². The smallest absolute Gasteiger partial charge is 0.271 e. The molecule has 0 aliphatic carbocycles. The van der Waals surface area contributed by atoms with Gasteiger partial charge in [0.05, 0.1) is 12.2 Å². The van der Waals surface area contributed by atoms with E-state index < -0.39 is 23.9 Å². The zero-order valence-corrected chi connectivity index (χ0v) is 25.0. The molecule has 0 fully saturated rings. The van der Waals surface area contributed by atoms with Gasteiger partial charge in [-0.05, 0) is 40.4 Å². The molecule has 1 aromatic carbocycles. The summed E-state index contributed by atoms with van der Waals surface area (Å²) in [7, 11) is 8.93. The number of benzene rings is 1. The number of carbonyl (C=O) groups is 3. The van der Waals surface area contributed by atoms with Gasteiger partial charge in [0.15, 0.2) is 17.3 Å². The molecule has 0 spiro atoms. The van der Waals surface area contributed by atoms with E-state index in [2.05, 4.69) is 20.6 Å². The van der Waals surface area contributed by atoms with Crippen molar-refractivity contribution >= 4 is 35.0 Å². The lowest BCUT2D eigenvalue weighted by atomic mass is 10.2. The van der Waals surface area contributed by atoms with Crippen LogP contribution in [-0.2, 0) is 16.0 Å². The van der Waals surface area contributed by atoms with Crippen LogP contribution in [0.4, 0.5) is 21.7 Å². The first kappa shape index (κ1) is 32.9. The second-order valence-electron chi connectivity index (χ2n) is 10.1. The fourth-order valence-corrected chi connectivity index (χ4v) is 3.67. The molecule has 0 radical (unpaired) electrons. The Morgan fingerprint density at radius 2 is 1.78 bits per heavy atom. The molecule has 0 saturated heterocycles. The van der Waals surface area contributed by atoms with Crippen LogP contribution in [0.25, 0.3) is 0 Å². The Balaban J connectivity index is 2.09. The molecule has 2 rings (SSSR count). The molecular formula is C28H41FN8O4. The molecule has 1 unspecified atom stereocenters. The number of nitrogens with zero attached hydrogens (tertiary/aromatic N) is 5. The van der Waals surface area contributed by atoms with E-state index >= 15 is 0 Å². The lowest BCUT2D eigenvalue weighted by molar-refractivity contribution is -0.135. The molecule has 1 aromatic heterocycles. The summed E-state index contributed by atoms with van der Waals surface area (Å²) in [4.78, 5) is 50.9. The highest BCUT2D eigenvalue weighted by atomic mass is 19.1. The number of halogens is 1. The predicted molar refractivity (Wildman–Crippen MR) is 157 cm³/mol. The van der Waals surface area contributed by atoms with Crippen LogP contribution in [0.1, 0.15) is 37.0 Å². The molecule has 0 aliphatic rings. The zero-order valence-electron chi connectivity index (χ0n) is 25.0. The maximum atomic E-state index is 14.5. The third kappa shape index (κ3) is 9.71. The maximum absolute atomic E-state index is 14.5. The van der Waals surface area contributed by atoms with Crippen LogP contribution in [0, 0.1) is 5.82 Å². The lowest BCUT2D eigenvalue weighted by Gasteiger charge is -2.24. The van der Waals surface area contributed by atoms with Crippen molar-refractivity contribution < 1.29 is 23.5 Å². The Morgan fingerprint density at radius 3 is 2.37 bits per heavy atom. The number of anilines is 3. The first-order valence-corrected chi connectivity index (χ1v) is 13.2. The number of primary amides is 1. The van der Waals surface area contributed by atoms with Gasteiger partial charge in [-0.15, -0.1) is 0 Å². The fraction of sp³-hybridized carbons (Fsp3) is 0.464. The van der Waals surface area contributed by atoms with Crippen LogP contribution in [0.15, 0.2) is 30.4 Å². The summed E-state index contributed by atoms with van der Waals surface area (Å²) in [6, 6.07) is 3.24. The van der Waals surface area contributed by atoms with E-state index in [1.807, 2.05) is 25.9 Å². The Morgan fingerprint density at radius 1 is 1.10 bits per heavy atom. The number of carbonyl (C=O) groups excluding carboxylic acids is 3. The Labute approximate surface area is 240 Å².